The van der Waals surface area contributed by atoms with E-state index in [0.29, 0.717) is 12.1 Å². The summed E-state index contributed by atoms with van der Waals surface area (Å²) in [4.78, 5) is 5.44. The van der Waals surface area contributed by atoms with Crippen molar-refractivity contribution < 1.29 is 14.2 Å². The van der Waals surface area contributed by atoms with Gasteiger partial charge < -0.3 is 9.57 Å². The number of rotatable bonds is 5. The molecule has 0 unspecified atom stereocenters. The molecule has 0 aliphatic carbocycles. The van der Waals surface area contributed by atoms with E-state index in [2.05, 4.69) is 20.1 Å². The van der Waals surface area contributed by atoms with Crippen molar-refractivity contribution in [3.05, 3.63) is 53.1 Å². The van der Waals surface area contributed by atoms with Gasteiger partial charge in [-0.2, -0.15) is 0 Å². The second-order valence-electron chi connectivity index (χ2n) is 5.22. The number of nitrogens with zero attached hydrogens (tertiary/aromatic N) is 3. The van der Waals surface area contributed by atoms with E-state index in [9.17, 15) is 0 Å². The topological polar surface area (TPSA) is 69.7 Å². The predicted octanol–water partition coefficient (Wildman–Crippen LogP) is 3.48. The van der Waals surface area contributed by atoms with Crippen molar-refractivity contribution in [2.75, 3.05) is 7.11 Å². The second-order valence-corrected chi connectivity index (χ2v) is 5.22. The molecule has 6 heteroatoms. The molecule has 2 aromatic carbocycles. The molecule has 3 rings (SSSR count). The van der Waals surface area contributed by atoms with Crippen LogP contribution < -0.4 is 4.74 Å². The van der Waals surface area contributed by atoms with Crippen LogP contribution in [0.25, 0.3) is 11.0 Å². The van der Waals surface area contributed by atoms with E-state index in [1.54, 1.807) is 7.11 Å². The van der Waals surface area contributed by atoms with E-state index in [4.69, 9.17) is 9.57 Å². The molecule has 0 bridgehead atoms. The lowest BCUT2D eigenvalue weighted by Crippen LogP contribution is -1.98. The summed E-state index contributed by atoms with van der Waals surface area (Å²) in [6.45, 7) is 4.26. The summed E-state index contributed by atoms with van der Waals surface area (Å²) in [6, 6.07) is 11.5. The lowest BCUT2D eigenvalue weighted by Gasteiger charge is -2.07. The van der Waals surface area contributed by atoms with E-state index in [1.165, 1.54) is 0 Å². The van der Waals surface area contributed by atoms with Crippen molar-refractivity contribution in [3.63, 3.8) is 0 Å². The Morgan fingerprint density at radius 3 is 2.74 bits per heavy atom. The van der Waals surface area contributed by atoms with Gasteiger partial charge in [0.25, 0.3) is 0 Å². The summed E-state index contributed by atoms with van der Waals surface area (Å²) >= 11 is 0. The van der Waals surface area contributed by atoms with Gasteiger partial charge in [0.15, 0.2) is 0 Å². The first-order valence-corrected chi connectivity index (χ1v) is 7.20. The number of benzene rings is 2. The molecular formula is C17H17N3O3. The summed E-state index contributed by atoms with van der Waals surface area (Å²) in [5.41, 5.74) is 5.25. The lowest BCUT2D eigenvalue weighted by molar-refractivity contribution is 0.130. The Bertz CT molecular complexity index is 855. The summed E-state index contributed by atoms with van der Waals surface area (Å²) in [5.74, 6) is 0.858. The molecule has 1 aromatic heterocycles. The van der Waals surface area contributed by atoms with Crippen LogP contribution in [0.4, 0.5) is 0 Å². The third-order valence-electron chi connectivity index (χ3n) is 3.56. The number of oxime groups is 1. The van der Waals surface area contributed by atoms with E-state index < -0.39 is 0 Å². The highest BCUT2D eigenvalue weighted by Gasteiger charge is 2.04. The molecule has 0 radical (unpaired) electrons. The average Bonchev–Trinajstić information content (AvgIpc) is 3.02. The lowest BCUT2D eigenvalue weighted by atomic mass is 10.1. The summed E-state index contributed by atoms with van der Waals surface area (Å²) in [6.07, 6.45) is 0. The first-order chi connectivity index (χ1) is 11.2. The van der Waals surface area contributed by atoms with Crippen LogP contribution in [0.5, 0.6) is 5.75 Å². The Labute approximate surface area is 133 Å². The Hall–Kier alpha value is -2.89. The van der Waals surface area contributed by atoms with Crippen molar-refractivity contribution in [1.29, 1.82) is 0 Å². The number of fused-ring (bicyclic) bond motifs is 1. The average molecular weight is 311 g/mol. The zero-order valence-electron chi connectivity index (χ0n) is 13.2. The smallest absolute Gasteiger partial charge is 0.142 e. The Morgan fingerprint density at radius 2 is 1.96 bits per heavy atom. The van der Waals surface area contributed by atoms with Gasteiger partial charge in [-0.15, -0.1) is 0 Å². The van der Waals surface area contributed by atoms with Gasteiger partial charge in [0, 0.05) is 0 Å². The Balaban J connectivity index is 1.68. The van der Waals surface area contributed by atoms with Crippen molar-refractivity contribution >= 4 is 16.7 Å². The van der Waals surface area contributed by atoms with Gasteiger partial charge in [-0.1, -0.05) is 11.2 Å². The van der Waals surface area contributed by atoms with Crippen LogP contribution in [-0.2, 0) is 11.4 Å². The van der Waals surface area contributed by atoms with Crippen molar-refractivity contribution in [3.8, 4) is 5.75 Å². The number of hydrogen-bond donors (Lipinski definition) is 0. The number of aryl methyl sites for hydroxylation is 1. The fourth-order valence-corrected chi connectivity index (χ4v) is 2.28. The molecule has 0 aliphatic heterocycles. The molecule has 23 heavy (non-hydrogen) atoms. The van der Waals surface area contributed by atoms with Crippen molar-refractivity contribution in [2.45, 2.75) is 20.5 Å². The van der Waals surface area contributed by atoms with Crippen LogP contribution in [-0.4, -0.2) is 23.1 Å². The van der Waals surface area contributed by atoms with E-state index >= 15 is 0 Å². The maximum absolute atomic E-state index is 5.44. The third-order valence-corrected chi connectivity index (χ3v) is 3.56. The zero-order chi connectivity index (χ0) is 16.2. The fourth-order valence-electron chi connectivity index (χ4n) is 2.28. The van der Waals surface area contributed by atoms with Gasteiger partial charge in [-0.25, -0.2) is 4.63 Å². The minimum Gasteiger partial charge on any atom is -0.496 e. The second kappa shape index (κ2) is 6.48. The molecule has 6 nitrogen and oxygen atoms in total. The molecule has 0 saturated carbocycles. The van der Waals surface area contributed by atoms with E-state index in [-0.39, 0.29) is 0 Å². The zero-order valence-corrected chi connectivity index (χ0v) is 13.2. The van der Waals surface area contributed by atoms with Gasteiger partial charge in [0.2, 0.25) is 0 Å². The quantitative estimate of drug-likeness (QED) is 0.533. The molecule has 3 aromatic rings. The van der Waals surface area contributed by atoms with Gasteiger partial charge in [0.1, 0.15) is 23.4 Å². The maximum Gasteiger partial charge on any atom is 0.142 e. The molecule has 0 fully saturated rings. The molecule has 118 valence electrons. The first-order valence-electron chi connectivity index (χ1n) is 7.20. The molecule has 1 heterocycles. The number of methoxy groups -OCH3 is 1. The Kier molecular flexibility index (Phi) is 4.23. The van der Waals surface area contributed by atoms with Crippen LogP contribution in [0.15, 0.2) is 46.2 Å². The van der Waals surface area contributed by atoms with E-state index in [0.717, 1.165) is 33.7 Å². The number of hydrogen-bond acceptors (Lipinski definition) is 6. The highest BCUT2D eigenvalue weighted by atomic mass is 16.6. The highest BCUT2D eigenvalue weighted by molar-refractivity contribution is 5.98. The SMILES string of the molecule is COc1ccc(/C(C)=N/OCc2ccc3nonc3c2)cc1C. The molecule has 0 amide bonds. The number of ether oxygens (including phenoxy) is 1. The molecule has 0 aliphatic rings. The van der Waals surface area contributed by atoms with Crippen LogP contribution >= 0.6 is 0 Å². The molecule has 0 N–H and O–H groups in total. The number of aromatic nitrogens is 2. The fraction of sp³-hybridized carbons (Fsp3) is 0.235. The molecule has 0 saturated heterocycles. The van der Waals surface area contributed by atoms with Gasteiger partial charge in [0.05, 0.1) is 12.8 Å². The van der Waals surface area contributed by atoms with E-state index in [1.807, 2.05) is 50.2 Å². The van der Waals surface area contributed by atoms with Crippen molar-refractivity contribution in [1.82, 2.24) is 10.3 Å². The molecule has 0 atom stereocenters. The minimum atomic E-state index is 0.356. The largest absolute Gasteiger partial charge is 0.496 e. The first kappa shape index (κ1) is 15.0. The monoisotopic (exact) mass is 311 g/mol. The third kappa shape index (κ3) is 3.31. The Morgan fingerprint density at radius 1 is 1.13 bits per heavy atom. The van der Waals surface area contributed by atoms with Crippen LogP contribution in [0, 0.1) is 6.92 Å². The highest BCUT2D eigenvalue weighted by Crippen LogP contribution is 2.19. The van der Waals surface area contributed by atoms with Crippen molar-refractivity contribution in [2.24, 2.45) is 5.16 Å². The standard InChI is InChI=1S/C17H17N3O3/c1-11-8-14(5-7-17(11)21-3)12(2)18-22-10-13-4-6-15-16(9-13)20-23-19-15/h4-9H,10H2,1-3H3/b18-12+. The van der Waals surface area contributed by atoms with Gasteiger partial charge >= 0.3 is 0 Å². The molecular weight excluding hydrogens is 294 g/mol. The maximum atomic E-state index is 5.44. The normalized spacial score (nSPS) is 11.7. The summed E-state index contributed by atoms with van der Waals surface area (Å²) in [7, 11) is 1.66. The molecule has 0 spiro atoms. The predicted molar refractivity (Wildman–Crippen MR) is 86.5 cm³/mol. The van der Waals surface area contributed by atoms with Gasteiger partial charge in [-0.3, -0.25) is 0 Å². The van der Waals surface area contributed by atoms with Gasteiger partial charge in [-0.05, 0) is 71.2 Å². The van der Waals surface area contributed by atoms with Crippen LogP contribution in [0.1, 0.15) is 23.6 Å². The van der Waals surface area contributed by atoms with Crippen LogP contribution in [0.2, 0.25) is 0 Å². The van der Waals surface area contributed by atoms with Crippen LogP contribution in [0.3, 0.4) is 0 Å². The minimum absolute atomic E-state index is 0.356. The summed E-state index contributed by atoms with van der Waals surface area (Å²) < 4.78 is 9.93. The summed E-state index contributed by atoms with van der Waals surface area (Å²) in [5, 5.41) is 11.7.